The summed E-state index contributed by atoms with van der Waals surface area (Å²) in [5.74, 6) is -2.03. The Balaban J connectivity index is 1.45. The molecule has 3 aliphatic rings. The Morgan fingerprint density at radius 2 is 1.76 bits per heavy atom. The molecule has 11 heteroatoms. The quantitative estimate of drug-likeness (QED) is 0.540. The van der Waals surface area contributed by atoms with Gasteiger partial charge < -0.3 is 10.4 Å². The van der Waals surface area contributed by atoms with E-state index < -0.39 is 55.9 Å². The predicted octanol–water partition coefficient (Wildman–Crippen LogP) is 3.35. The predicted molar refractivity (Wildman–Crippen MR) is 135 cm³/mol. The Kier molecular flexibility index (Phi) is 6.60. The van der Waals surface area contributed by atoms with Crippen molar-refractivity contribution in [2.45, 2.75) is 68.4 Å². The second-order valence-corrected chi connectivity index (χ2v) is 13.2. The Hall–Kier alpha value is -2.89. The molecule has 2 saturated heterocycles. The summed E-state index contributed by atoms with van der Waals surface area (Å²) in [7, 11) is -3.85. The van der Waals surface area contributed by atoms with Crippen molar-refractivity contribution in [3.8, 4) is 0 Å². The van der Waals surface area contributed by atoms with Crippen LogP contribution in [-0.2, 0) is 26.8 Å². The minimum atomic E-state index is -3.85. The van der Waals surface area contributed by atoms with Crippen LogP contribution in [0.1, 0.15) is 61.5 Å². The van der Waals surface area contributed by atoms with E-state index in [9.17, 15) is 23.1 Å². The molecule has 38 heavy (non-hydrogen) atoms. The molecule has 0 aromatic heterocycles. The standard InChI is InChI=1S/C27H31F2N3O5S/c1-17-8-9-23(18-6-4-3-5-7-18)38(36,37)32(17)13-19-10-22(29)20(11-21(19)28)27(14-26(2,35)15-27)16-31-24(33)12-30-25(31)34/h3-7,10-11,17,23,35H,8-9,12-16H2,1-2H3,(H,30,34). The van der Waals surface area contributed by atoms with Crippen LogP contribution in [0.25, 0.3) is 0 Å². The van der Waals surface area contributed by atoms with Gasteiger partial charge in [0, 0.05) is 30.1 Å². The average Bonchev–Trinajstić information content (AvgIpc) is 3.14. The summed E-state index contributed by atoms with van der Waals surface area (Å²) < 4.78 is 59.5. The smallest absolute Gasteiger partial charge is 0.324 e. The molecular weight excluding hydrogens is 516 g/mol. The lowest BCUT2D eigenvalue weighted by Crippen LogP contribution is -2.59. The topological polar surface area (TPSA) is 107 Å². The van der Waals surface area contributed by atoms with Crippen molar-refractivity contribution in [2.75, 3.05) is 13.1 Å². The van der Waals surface area contributed by atoms with Crippen molar-refractivity contribution in [1.82, 2.24) is 14.5 Å². The largest absolute Gasteiger partial charge is 0.390 e. The van der Waals surface area contributed by atoms with Crippen LogP contribution in [0.5, 0.6) is 0 Å². The summed E-state index contributed by atoms with van der Waals surface area (Å²) in [5, 5.41) is 12.1. The van der Waals surface area contributed by atoms with Crippen LogP contribution in [0.2, 0.25) is 0 Å². The zero-order valence-electron chi connectivity index (χ0n) is 21.3. The first-order chi connectivity index (χ1) is 17.8. The maximum absolute atomic E-state index is 15.6. The lowest BCUT2D eigenvalue weighted by molar-refractivity contribution is -0.129. The first-order valence-corrected chi connectivity index (χ1v) is 14.2. The van der Waals surface area contributed by atoms with Gasteiger partial charge in [-0.3, -0.25) is 9.69 Å². The number of hydrogen-bond donors (Lipinski definition) is 2. The molecule has 2 aromatic rings. The Morgan fingerprint density at radius 3 is 2.37 bits per heavy atom. The SMILES string of the molecule is CC1CCC(c2ccccc2)S(=O)(=O)N1Cc1cc(F)c(C2(CN3C(=O)CNC3=O)CC(C)(O)C2)cc1F. The summed E-state index contributed by atoms with van der Waals surface area (Å²) in [6.07, 6.45) is 1.07. The first-order valence-electron chi connectivity index (χ1n) is 12.7. The summed E-state index contributed by atoms with van der Waals surface area (Å²) in [4.78, 5) is 25.3. The Bertz CT molecular complexity index is 1360. The average molecular weight is 548 g/mol. The maximum Gasteiger partial charge on any atom is 0.324 e. The van der Waals surface area contributed by atoms with Gasteiger partial charge in [0.25, 0.3) is 0 Å². The van der Waals surface area contributed by atoms with Crippen LogP contribution in [-0.4, -0.2) is 59.4 Å². The number of carbonyl (C=O) groups is 2. The van der Waals surface area contributed by atoms with Gasteiger partial charge in [-0.25, -0.2) is 22.0 Å². The second kappa shape index (κ2) is 9.39. The second-order valence-electron chi connectivity index (χ2n) is 11.1. The molecule has 2 heterocycles. The molecule has 2 aromatic carbocycles. The molecule has 204 valence electrons. The summed E-state index contributed by atoms with van der Waals surface area (Å²) in [6.45, 7) is 2.62. The number of benzene rings is 2. The van der Waals surface area contributed by atoms with Crippen LogP contribution in [0.15, 0.2) is 42.5 Å². The van der Waals surface area contributed by atoms with Crippen molar-refractivity contribution in [3.63, 3.8) is 0 Å². The Morgan fingerprint density at radius 1 is 1.08 bits per heavy atom. The zero-order valence-corrected chi connectivity index (χ0v) is 22.1. The summed E-state index contributed by atoms with van der Waals surface area (Å²) >= 11 is 0. The highest BCUT2D eigenvalue weighted by atomic mass is 32.2. The Labute approximate surface area is 220 Å². The van der Waals surface area contributed by atoms with Gasteiger partial charge in [0.15, 0.2) is 0 Å². The lowest BCUT2D eigenvalue weighted by atomic mass is 9.56. The van der Waals surface area contributed by atoms with Gasteiger partial charge in [-0.2, -0.15) is 4.31 Å². The van der Waals surface area contributed by atoms with Gasteiger partial charge >= 0.3 is 6.03 Å². The lowest BCUT2D eigenvalue weighted by Gasteiger charge is -2.53. The van der Waals surface area contributed by atoms with Crippen LogP contribution < -0.4 is 5.32 Å². The molecule has 3 fully saturated rings. The van der Waals surface area contributed by atoms with Gasteiger partial charge in [-0.15, -0.1) is 0 Å². The van der Waals surface area contributed by atoms with Gasteiger partial charge in [0.1, 0.15) is 16.9 Å². The van der Waals surface area contributed by atoms with Gasteiger partial charge in [-0.05, 0) is 62.8 Å². The third-order valence-electron chi connectivity index (χ3n) is 8.07. The fraction of sp³-hybridized carbons (Fsp3) is 0.481. The molecule has 0 bridgehead atoms. The van der Waals surface area contributed by atoms with Crippen molar-refractivity contribution in [1.29, 1.82) is 0 Å². The molecule has 2 aliphatic heterocycles. The van der Waals surface area contributed by atoms with Crippen molar-refractivity contribution < 1.29 is 31.9 Å². The van der Waals surface area contributed by atoms with E-state index in [1.165, 1.54) is 4.31 Å². The first kappa shape index (κ1) is 26.7. The number of halogens is 2. The molecular formula is C27H31F2N3O5S. The number of rotatable bonds is 6. The molecule has 1 aliphatic carbocycles. The molecule has 2 unspecified atom stereocenters. The van der Waals surface area contributed by atoms with Gasteiger partial charge in [0.2, 0.25) is 15.9 Å². The van der Waals surface area contributed by atoms with Crippen molar-refractivity contribution in [3.05, 3.63) is 70.8 Å². The fourth-order valence-electron chi connectivity index (χ4n) is 6.35. The van der Waals surface area contributed by atoms with Crippen LogP contribution in [0, 0.1) is 11.6 Å². The molecule has 2 N–H and O–H groups in total. The van der Waals surface area contributed by atoms with E-state index in [1.807, 2.05) is 0 Å². The monoisotopic (exact) mass is 547 g/mol. The van der Waals surface area contributed by atoms with E-state index in [2.05, 4.69) is 5.32 Å². The molecule has 0 spiro atoms. The summed E-state index contributed by atoms with van der Waals surface area (Å²) in [5.41, 5.74) is -1.82. The highest BCUT2D eigenvalue weighted by molar-refractivity contribution is 7.89. The van der Waals surface area contributed by atoms with E-state index in [0.29, 0.717) is 18.4 Å². The summed E-state index contributed by atoms with van der Waals surface area (Å²) in [6, 6.07) is 9.87. The number of amides is 3. The number of hydrogen-bond acceptors (Lipinski definition) is 5. The third-order valence-corrected chi connectivity index (χ3v) is 10.4. The molecule has 8 nitrogen and oxygen atoms in total. The third kappa shape index (κ3) is 4.60. The number of nitrogens with zero attached hydrogens (tertiary/aromatic N) is 2. The van der Waals surface area contributed by atoms with E-state index in [-0.39, 0.29) is 43.6 Å². The van der Waals surface area contributed by atoms with Gasteiger partial charge in [0.05, 0.1) is 12.1 Å². The van der Waals surface area contributed by atoms with E-state index in [0.717, 1.165) is 17.0 Å². The fourth-order valence-corrected chi connectivity index (χ4v) is 8.53. The van der Waals surface area contributed by atoms with Crippen LogP contribution >= 0.6 is 0 Å². The number of nitrogens with one attached hydrogen (secondary N) is 1. The normalized spacial score (nSPS) is 31.2. The minimum absolute atomic E-state index is 0.0308. The number of carbonyl (C=O) groups excluding carboxylic acids is 2. The number of imide groups is 1. The van der Waals surface area contributed by atoms with E-state index >= 15 is 8.78 Å². The van der Waals surface area contributed by atoms with E-state index in [1.54, 1.807) is 44.2 Å². The van der Waals surface area contributed by atoms with Crippen LogP contribution in [0.3, 0.4) is 0 Å². The number of sulfonamides is 1. The number of aliphatic hydroxyl groups is 1. The molecule has 3 amide bonds. The zero-order chi connectivity index (χ0) is 27.5. The van der Waals surface area contributed by atoms with Crippen molar-refractivity contribution in [2.24, 2.45) is 0 Å². The molecule has 2 atom stereocenters. The van der Waals surface area contributed by atoms with Gasteiger partial charge in [-0.1, -0.05) is 30.3 Å². The van der Waals surface area contributed by atoms with E-state index in [4.69, 9.17) is 0 Å². The molecule has 0 radical (unpaired) electrons. The maximum atomic E-state index is 15.6. The molecule has 1 saturated carbocycles. The minimum Gasteiger partial charge on any atom is -0.390 e. The highest BCUT2D eigenvalue weighted by Gasteiger charge is 2.55. The number of urea groups is 1. The van der Waals surface area contributed by atoms with Crippen LogP contribution in [0.4, 0.5) is 13.6 Å². The molecule has 5 rings (SSSR count). The highest BCUT2D eigenvalue weighted by Crippen LogP contribution is 2.52. The van der Waals surface area contributed by atoms with Crippen molar-refractivity contribution >= 4 is 22.0 Å².